The number of aldehydes is 2. The normalized spacial score (nSPS) is 16.6. The van der Waals surface area contributed by atoms with E-state index in [1.165, 1.54) is 34.2 Å². The molecule has 3 aliphatic rings. The minimum atomic E-state index is -1.33. The molecule has 71 heavy (non-hydrogen) atoms. The SMILES string of the molecule is CN1CCCC1C=O.CNCc1ccc(-c2scnc2C)cc1.CNc1nc(Nc2ccc(C(=O)N3CCN(Cc4cccc(CSC(C)(C)C(C=O)C5(F)CC5)c4)CC3)cc2OC)ncc1Cl.NC=O. The van der Waals surface area contributed by atoms with E-state index in [2.05, 4.69) is 95.0 Å². The fourth-order valence-corrected chi connectivity index (χ4v) is 10.5. The van der Waals surface area contributed by atoms with Crippen LogP contribution in [0, 0.1) is 12.8 Å². The minimum absolute atomic E-state index is 0.0452. The van der Waals surface area contributed by atoms with Crippen LogP contribution in [0.15, 0.2) is 78.4 Å². The lowest BCUT2D eigenvalue weighted by molar-refractivity contribution is -0.114. The van der Waals surface area contributed by atoms with Crippen molar-refractivity contribution in [2.75, 3.05) is 71.6 Å². The van der Waals surface area contributed by atoms with Gasteiger partial charge in [-0.3, -0.25) is 19.4 Å². The number of thioether (sulfide) groups is 1. The number of hydrogen-bond donors (Lipinski definition) is 4. The van der Waals surface area contributed by atoms with E-state index in [0.717, 1.165) is 63.0 Å². The third-order valence-electron chi connectivity index (χ3n) is 12.6. The molecule has 1 aliphatic carbocycles. The lowest BCUT2D eigenvalue weighted by atomic mass is 9.90. The first-order valence-corrected chi connectivity index (χ1v) is 25.8. The maximum atomic E-state index is 14.7. The van der Waals surface area contributed by atoms with Crippen LogP contribution in [-0.4, -0.2) is 132 Å². The monoisotopic (exact) mass is 1030 g/mol. The molecule has 2 aromatic heterocycles. The van der Waals surface area contributed by atoms with Crippen LogP contribution < -0.4 is 26.4 Å². The molecule has 0 bridgehead atoms. The number of likely N-dealkylation sites (N-methyl/N-ethyl adjacent to an activating group) is 1. The van der Waals surface area contributed by atoms with Crippen molar-refractivity contribution in [3.63, 3.8) is 0 Å². The van der Waals surface area contributed by atoms with Crippen LogP contribution in [0.3, 0.4) is 0 Å². The third-order valence-corrected chi connectivity index (χ3v) is 15.3. The Kier molecular flexibility index (Phi) is 21.7. The smallest absolute Gasteiger partial charge is 0.254 e. The van der Waals surface area contributed by atoms with E-state index < -0.39 is 16.3 Å². The zero-order valence-corrected chi connectivity index (χ0v) is 44.1. The Labute approximate surface area is 430 Å². The summed E-state index contributed by atoms with van der Waals surface area (Å²) in [7, 11) is 7.23. The summed E-state index contributed by atoms with van der Waals surface area (Å²) in [6, 6.07) is 22.6. The number of alkyl halides is 1. The summed E-state index contributed by atoms with van der Waals surface area (Å²) in [5.74, 6) is 1.43. The van der Waals surface area contributed by atoms with Crippen LogP contribution in [0.5, 0.6) is 5.75 Å². The standard InChI is InChI=1S/C33H40ClFN6O3S.C12H14N2S.C6H11NO.CH3NO/c1-32(2,28(20-42)33(35)10-11-33)45-21-23-7-5-6-22(16-23)19-40-12-14-41(15-13-40)30(43)24-8-9-26(27(17-24)44-4)38-31-37-18-25(34)29(36-3)39-31;1-9-12(15-8-14-9)11-5-3-10(4-6-11)7-13-2;1-7-4-2-3-6(7)5-8;2-1-3/h5-9,16-18,20,28H,10-15,19,21H2,1-4H3,(H2,36,37,38,39);3-6,8,13H,7H2,1-2H3;5-6H,2-4H2,1H3;1H,(H2,2,3). The predicted molar refractivity (Wildman–Crippen MR) is 286 cm³/mol. The van der Waals surface area contributed by atoms with Crippen LogP contribution in [0.1, 0.15) is 72.3 Å². The Morgan fingerprint density at radius 2 is 1.72 bits per heavy atom. The van der Waals surface area contributed by atoms with Gasteiger partial charge in [-0.15, -0.1) is 11.3 Å². The quantitative estimate of drug-likeness (QED) is 0.0650. The number of halogens is 2. The van der Waals surface area contributed by atoms with E-state index in [1.807, 2.05) is 45.3 Å². The summed E-state index contributed by atoms with van der Waals surface area (Å²) in [6.45, 7) is 11.5. The van der Waals surface area contributed by atoms with Crippen molar-refractivity contribution in [3.05, 3.63) is 111 Å². The van der Waals surface area contributed by atoms with Gasteiger partial charge in [0.1, 0.15) is 34.8 Å². The number of piperazine rings is 1. The van der Waals surface area contributed by atoms with Gasteiger partial charge in [-0.05, 0) is 108 Å². The predicted octanol–water partition coefficient (Wildman–Crippen LogP) is 8.43. The van der Waals surface area contributed by atoms with E-state index in [9.17, 15) is 18.8 Å². The summed E-state index contributed by atoms with van der Waals surface area (Å²) >= 11 is 9.42. The Morgan fingerprint density at radius 3 is 2.28 bits per heavy atom. The number of thiazole rings is 1. The number of benzene rings is 3. The van der Waals surface area contributed by atoms with E-state index in [-0.39, 0.29) is 18.4 Å². The van der Waals surface area contributed by atoms with Gasteiger partial charge in [0, 0.05) is 62.4 Å². The van der Waals surface area contributed by atoms with Crippen LogP contribution in [0.4, 0.5) is 21.8 Å². The van der Waals surface area contributed by atoms with Crippen molar-refractivity contribution in [2.45, 2.75) is 81.8 Å². The highest BCUT2D eigenvalue weighted by atomic mass is 35.5. The fourth-order valence-electron chi connectivity index (χ4n) is 8.38. The fraction of sp³-hybridized carbons (Fsp3) is 0.442. The van der Waals surface area contributed by atoms with Gasteiger partial charge < -0.3 is 40.9 Å². The van der Waals surface area contributed by atoms with Crippen molar-refractivity contribution < 1.29 is 28.3 Å². The first kappa shape index (κ1) is 56.4. The van der Waals surface area contributed by atoms with Crippen molar-refractivity contribution in [1.82, 2.24) is 35.0 Å². The van der Waals surface area contributed by atoms with Crippen LogP contribution in [0.25, 0.3) is 10.4 Å². The van der Waals surface area contributed by atoms with Crippen LogP contribution in [-0.2, 0) is 33.2 Å². The number of rotatable bonds is 17. The molecule has 382 valence electrons. The van der Waals surface area contributed by atoms with E-state index in [4.69, 9.17) is 21.1 Å². The maximum Gasteiger partial charge on any atom is 0.254 e. The number of aromatic nitrogens is 3. The molecule has 15 nitrogen and oxygen atoms in total. The highest BCUT2D eigenvalue weighted by Gasteiger charge is 2.55. The van der Waals surface area contributed by atoms with Crippen molar-refractivity contribution in [2.24, 2.45) is 11.7 Å². The lowest BCUT2D eigenvalue weighted by Crippen LogP contribution is -2.48. The highest BCUT2D eigenvalue weighted by Crippen LogP contribution is 2.53. The molecule has 3 aromatic carbocycles. The van der Waals surface area contributed by atoms with Gasteiger partial charge in [0.2, 0.25) is 12.4 Å². The van der Waals surface area contributed by atoms with Gasteiger partial charge in [-0.2, -0.15) is 16.7 Å². The molecule has 3 fully saturated rings. The van der Waals surface area contributed by atoms with Gasteiger partial charge in [0.25, 0.3) is 5.91 Å². The Balaban J connectivity index is 0.000000291. The van der Waals surface area contributed by atoms with Gasteiger partial charge >= 0.3 is 0 Å². The zero-order valence-electron chi connectivity index (χ0n) is 41.8. The molecule has 5 aromatic rings. The molecule has 19 heteroatoms. The van der Waals surface area contributed by atoms with Crippen molar-refractivity contribution in [1.29, 1.82) is 0 Å². The number of likely N-dealkylation sites (tertiary alicyclic amines) is 1. The molecule has 4 heterocycles. The van der Waals surface area contributed by atoms with Gasteiger partial charge in [0.15, 0.2) is 0 Å². The lowest BCUT2D eigenvalue weighted by Gasteiger charge is -2.35. The molecule has 2 atom stereocenters. The molecule has 5 N–H and O–H groups in total. The molecule has 8 rings (SSSR count). The second kappa shape index (κ2) is 27.4. The summed E-state index contributed by atoms with van der Waals surface area (Å²) in [4.78, 5) is 64.3. The second-order valence-electron chi connectivity index (χ2n) is 18.1. The number of anilines is 3. The highest BCUT2D eigenvalue weighted by molar-refractivity contribution is 7.99. The van der Waals surface area contributed by atoms with E-state index in [1.54, 1.807) is 55.5 Å². The first-order chi connectivity index (χ1) is 34.1. The maximum absolute atomic E-state index is 14.7. The number of nitrogens with two attached hydrogens (primary N) is 1. The number of carbonyl (C=O) groups excluding carboxylic acids is 4. The number of nitrogens with one attached hydrogen (secondary N) is 3. The average Bonchev–Trinajstić information content (AvgIpc) is 3.71. The number of hydrogen-bond acceptors (Lipinski definition) is 15. The largest absolute Gasteiger partial charge is 0.495 e. The number of ether oxygens (including phenoxy) is 1. The van der Waals surface area contributed by atoms with Gasteiger partial charge in [-0.1, -0.05) is 60.1 Å². The molecule has 2 unspecified atom stereocenters. The van der Waals surface area contributed by atoms with Gasteiger partial charge in [0.05, 0.1) is 47.0 Å². The molecule has 2 saturated heterocycles. The zero-order chi connectivity index (χ0) is 51.6. The molecule has 1 saturated carbocycles. The minimum Gasteiger partial charge on any atom is -0.495 e. The number of methoxy groups -OCH3 is 1. The van der Waals surface area contributed by atoms with Crippen LogP contribution in [0.2, 0.25) is 5.02 Å². The molecular weight excluding hydrogens is 963 g/mol. The summed E-state index contributed by atoms with van der Waals surface area (Å²) in [5.41, 5.74) is 11.9. The van der Waals surface area contributed by atoms with Gasteiger partial charge in [-0.25, -0.2) is 14.4 Å². The Bertz CT molecular complexity index is 2510. The third kappa shape index (κ3) is 16.3. The van der Waals surface area contributed by atoms with Crippen molar-refractivity contribution in [3.8, 4) is 16.2 Å². The number of amides is 2. The molecule has 0 spiro atoms. The van der Waals surface area contributed by atoms with E-state index in [0.29, 0.717) is 65.5 Å². The second-order valence-corrected chi connectivity index (χ2v) is 21.0. The average molecular weight is 1030 g/mol. The Morgan fingerprint density at radius 1 is 1.01 bits per heavy atom. The molecule has 2 aliphatic heterocycles. The summed E-state index contributed by atoms with van der Waals surface area (Å²) in [6.07, 6.45) is 6.79. The number of primary amides is 1. The molecule has 2 amide bonds. The number of carbonyl (C=O) groups is 4. The topological polar surface area (TPSA) is 188 Å². The number of aryl methyl sites for hydroxylation is 1. The first-order valence-electron chi connectivity index (χ1n) is 23.6. The van der Waals surface area contributed by atoms with Crippen molar-refractivity contribution >= 4 is 77.0 Å². The summed E-state index contributed by atoms with van der Waals surface area (Å²) in [5, 5.41) is 9.60. The molecular formula is C52H68ClFN10O5S2. The number of nitrogens with zero attached hydrogens (tertiary/aromatic N) is 6. The Hall–Kier alpha value is -5.50. The van der Waals surface area contributed by atoms with Crippen LogP contribution >= 0.6 is 34.7 Å². The van der Waals surface area contributed by atoms with E-state index >= 15 is 0 Å². The summed E-state index contributed by atoms with van der Waals surface area (Å²) < 4.78 is 19.8. The molecule has 0 radical (unpaired) electrons.